The van der Waals surface area contributed by atoms with Crippen molar-refractivity contribution >= 4 is 15.9 Å². The molecule has 19 heavy (non-hydrogen) atoms. The van der Waals surface area contributed by atoms with E-state index in [0.29, 0.717) is 6.04 Å². The first kappa shape index (κ1) is 14.9. The highest BCUT2D eigenvalue weighted by atomic mass is 79.9. The second kappa shape index (κ2) is 7.33. The average molecular weight is 331 g/mol. The number of benzene rings is 1. The first-order chi connectivity index (χ1) is 9.15. The van der Waals surface area contributed by atoms with Crippen molar-refractivity contribution in [3.05, 3.63) is 34.1 Å². The fourth-order valence-electron chi connectivity index (χ4n) is 2.18. The SMILES string of the molecule is CC(CN1CCOCC1)NCc1ccc(F)cc1Br. The Morgan fingerprint density at radius 1 is 1.42 bits per heavy atom. The zero-order valence-corrected chi connectivity index (χ0v) is 12.7. The second-order valence-corrected chi connectivity index (χ2v) is 5.78. The van der Waals surface area contributed by atoms with E-state index in [2.05, 4.69) is 33.1 Å². The van der Waals surface area contributed by atoms with Gasteiger partial charge >= 0.3 is 0 Å². The molecule has 2 rings (SSSR count). The lowest BCUT2D eigenvalue weighted by Crippen LogP contribution is -2.44. The predicted octanol–water partition coefficient (Wildman–Crippen LogP) is 2.40. The van der Waals surface area contributed by atoms with Gasteiger partial charge in [0, 0.05) is 36.7 Å². The minimum Gasteiger partial charge on any atom is -0.379 e. The summed E-state index contributed by atoms with van der Waals surface area (Å²) in [6.45, 7) is 7.60. The van der Waals surface area contributed by atoms with Gasteiger partial charge in [0.25, 0.3) is 0 Å². The lowest BCUT2D eigenvalue weighted by Gasteiger charge is -2.29. The van der Waals surface area contributed by atoms with Crippen LogP contribution in [-0.4, -0.2) is 43.8 Å². The maximum atomic E-state index is 13.0. The summed E-state index contributed by atoms with van der Waals surface area (Å²) in [4.78, 5) is 2.40. The molecule has 0 aromatic heterocycles. The smallest absolute Gasteiger partial charge is 0.124 e. The Morgan fingerprint density at radius 2 is 2.16 bits per heavy atom. The second-order valence-electron chi connectivity index (χ2n) is 4.93. The zero-order chi connectivity index (χ0) is 13.7. The van der Waals surface area contributed by atoms with Gasteiger partial charge in [0.05, 0.1) is 13.2 Å². The van der Waals surface area contributed by atoms with Gasteiger partial charge in [0.2, 0.25) is 0 Å². The van der Waals surface area contributed by atoms with Crippen LogP contribution >= 0.6 is 15.9 Å². The van der Waals surface area contributed by atoms with Crippen molar-refractivity contribution in [2.75, 3.05) is 32.8 Å². The summed E-state index contributed by atoms with van der Waals surface area (Å²) in [6, 6.07) is 5.21. The predicted molar refractivity (Wildman–Crippen MR) is 77.7 cm³/mol. The van der Waals surface area contributed by atoms with Gasteiger partial charge in [0.15, 0.2) is 0 Å². The number of nitrogens with zero attached hydrogens (tertiary/aromatic N) is 1. The van der Waals surface area contributed by atoms with Gasteiger partial charge in [-0.2, -0.15) is 0 Å². The van der Waals surface area contributed by atoms with Crippen LogP contribution in [0.15, 0.2) is 22.7 Å². The van der Waals surface area contributed by atoms with Crippen LogP contribution in [0.25, 0.3) is 0 Å². The Hall–Kier alpha value is -0.490. The van der Waals surface area contributed by atoms with E-state index in [-0.39, 0.29) is 5.82 Å². The third kappa shape index (κ3) is 4.84. The van der Waals surface area contributed by atoms with E-state index in [1.807, 2.05) is 6.07 Å². The van der Waals surface area contributed by atoms with E-state index in [1.165, 1.54) is 12.1 Å². The van der Waals surface area contributed by atoms with E-state index in [0.717, 1.165) is 49.4 Å². The van der Waals surface area contributed by atoms with E-state index in [9.17, 15) is 4.39 Å². The quantitative estimate of drug-likeness (QED) is 0.897. The molecule has 1 N–H and O–H groups in total. The fraction of sp³-hybridized carbons (Fsp3) is 0.571. The first-order valence-electron chi connectivity index (χ1n) is 6.62. The summed E-state index contributed by atoms with van der Waals surface area (Å²) in [7, 11) is 0. The molecule has 1 aliphatic heterocycles. The monoisotopic (exact) mass is 330 g/mol. The molecule has 3 nitrogen and oxygen atoms in total. The summed E-state index contributed by atoms with van der Waals surface area (Å²) in [5.41, 5.74) is 1.08. The minimum atomic E-state index is -0.211. The molecule has 0 amide bonds. The van der Waals surface area contributed by atoms with Crippen molar-refractivity contribution in [2.24, 2.45) is 0 Å². The van der Waals surface area contributed by atoms with Crippen LogP contribution in [0.3, 0.4) is 0 Å². The van der Waals surface area contributed by atoms with Crippen LogP contribution in [-0.2, 0) is 11.3 Å². The van der Waals surface area contributed by atoms with E-state index in [4.69, 9.17) is 4.74 Å². The molecule has 1 saturated heterocycles. The van der Waals surface area contributed by atoms with E-state index >= 15 is 0 Å². The maximum Gasteiger partial charge on any atom is 0.124 e. The maximum absolute atomic E-state index is 13.0. The van der Waals surface area contributed by atoms with Gasteiger partial charge in [-0.3, -0.25) is 4.90 Å². The Bertz CT molecular complexity index is 410. The molecule has 1 aliphatic rings. The molecular weight excluding hydrogens is 311 g/mol. The molecule has 1 heterocycles. The number of ether oxygens (including phenoxy) is 1. The van der Waals surface area contributed by atoms with Gasteiger partial charge < -0.3 is 10.1 Å². The summed E-state index contributed by atoms with van der Waals surface area (Å²) in [5.74, 6) is -0.211. The van der Waals surface area contributed by atoms with Crippen molar-refractivity contribution < 1.29 is 9.13 Å². The minimum absolute atomic E-state index is 0.211. The molecule has 0 saturated carbocycles. The van der Waals surface area contributed by atoms with Crippen molar-refractivity contribution in [3.8, 4) is 0 Å². The van der Waals surface area contributed by atoms with Gasteiger partial charge in [-0.05, 0) is 24.6 Å². The van der Waals surface area contributed by atoms with Crippen molar-refractivity contribution in [1.82, 2.24) is 10.2 Å². The van der Waals surface area contributed by atoms with Crippen molar-refractivity contribution in [3.63, 3.8) is 0 Å². The number of nitrogens with one attached hydrogen (secondary N) is 1. The van der Waals surface area contributed by atoms with Gasteiger partial charge in [-0.1, -0.05) is 22.0 Å². The summed E-state index contributed by atoms with van der Waals surface area (Å²) in [6.07, 6.45) is 0. The zero-order valence-electron chi connectivity index (χ0n) is 11.2. The fourth-order valence-corrected chi connectivity index (χ4v) is 2.68. The molecule has 1 atom stereocenters. The Kier molecular flexibility index (Phi) is 5.76. The van der Waals surface area contributed by atoms with E-state index < -0.39 is 0 Å². The number of hydrogen-bond acceptors (Lipinski definition) is 3. The Labute approximate surface area is 122 Å². The molecule has 0 bridgehead atoms. The number of rotatable bonds is 5. The number of hydrogen-bond donors (Lipinski definition) is 1. The molecule has 1 unspecified atom stereocenters. The highest BCUT2D eigenvalue weighted by Gasteiger charge is 2.13. The largest absolute Gasteiger partial charge is 0.379 e. The van der Waals surface area contributed by atoms with Crippen LogP contribution in [0.2, 0.25) is 0 Å². The third-order valence-corrected chi connectivity index (χ3v) is 4.03. The van der Waals surface area contributed by atoms with Gasteiger partial charge in [0.1, 0.15) is 5.82 Å². The summed E-state index contributed by atoms with van der Waals surface area (Å²) in [5, 5.41) is 3.47. The topological polar surface area (TPSA) is 24.5 Å². The molecular formula is C14H20BrFN2O. The molecule has 1 fully saturated rings. The Morgan fingerprint density at radius 3 is 2.84 bits per heavy atom. The highest BCUT2D eigenvalue weighted by molar-refractivity contribution is 9.10. The highest BCUT2D eigenvalue weighted by Crippen LogP contribution is 2.17. The normalized spacial score (nSPS) is 18.5. The molecule has 0 spiro atoms. The van der Waals surface area contributed by atoms with Crippen LogP contribution in [0, 0.1) is 5.82 Å². The first-order valence-corrected chi connectivity index (χ1v) is 7.42. The standard InChI is InChI=1S/C14H20BrFN2O/c1-11(10-18-4-6-19-7-5-18)17-9-12-2-3-13(16)8-14(12)15/h2-3,8,11,17H,4-7,9-10H2,1H3. The van der Waals surface area contributed by atoms with E-state index in [1.54, 1.807) is 0 Å². The summed E-state index contributed by atoms with van der Waals surface area (Å²) < 4.78 is 19.1. The van der Waals surface area contributed by atoms with Gasteiger partial charge in [-0.25, -0.2) is 4.39 Å². The third-order valence-electron chi connectivity index (χ3n) is 3.29. The van der Waals surface area contributed by atoms with Crippen LogP contribution in [0.4, 0.5) is 4.39 Å². The van der Waals surface area contributed by atoms with Crippen molar-refractivity contribution in [1.29, 1.82) is 0 Å². The molecule has 5 heteroatoms. The number of morpholine rings is 1. The van der Waals surface area contributed by atoms with Crippen LogP contribution < -0.4 is 5.32 Å². The molecule has 1 aromatic rings. The summed E-state index contributed by atoms with van der Waals surface area (Å²) >= 11 is 3.39. The number of halogens is 2. The van der Waals surface area contributed by atoms with Crippen molar-refractivity contribution in [2.45, 2.75) is 19.5 Å². The lowest BCUT2D eigenvalue weighted by molar-refractivity contribution is 0.0343. The van der Waals surface area contributed by atoms with Gasteiger partial charge in [-0.15, -0.1) is 0 Å². The van der Waals surface area contributed by atoms with Crippen LogP contribution in [0.1, 0.15) is 12.5 Å². The molecule has 1 aromatic carbocycles. The van der Waals surface area contributed by atoms with Crippen LogP contribution in [0.5, 0.6) is 0 Å². The average Bonchev–Trinajstić information content (AvgIpc) is 2.39. The Balaban J connectivity index is 1.77. The lowest BCUT2D eigenvalue weighted by atomic mass is 10.2. The molecule has 106 valence electrons. The molecule has 0 radical (unpaired) electrons. The molecule has 0 aliphatic carbocycles.